The van der Waals surface area contributed by atoms with Crippen LogP contribution in [0.5, 0.6) is 0 Å². The summed E-state index contributed by atoms with van der Waals surface area (Å²) in [6.07, 6.45) is 4.73. The van der Waals surface area contributed by atoms with Crippen molar-refractivity contribution >= 4 is 41.6 Å². The number of halogens is 2. The highest BCUT2D eigenvalue weighted by atomic mass is 35.5. The van der Waals surface area contributed by atoms with Gasteiger partial charge in [0.05, 0.1) is 11.2 Å². The third-order valence-corrected chi connectivity index (χ3v) is 4.77. The third-order valence-electron chi connectivity index (χ3n) is 3.94. The van der Waals surface area contributed by atoms with Gasteiger partial charge in [0.25, 0.3) is 0 Å². The lowest BCUT2D eigenvalue weighted by Crippen LogP contribution is -1.97. The molecule has 9 heteroatoms. The topological polar surface area (TPSA) is 74.7 Å². The summed E-state index contributed by atoms with van der Waals surface area (Å²) in [4.78, 5) is 0. The molecule has 0 bridgehead atoms. The van der Waals surface area contributed by atoms with Crippen LogP contribution in [0.15, 0.2) is 23.3 Å². The zero-order chi connectivity index (χ0) is 16.7. The average Bonchev–Trinajstić information content (AvgIpc) is 3.23. The van der Waals surface area contributed by atoms with Crippen molar-refractivity contribution in [1.29, 1.82) is 0 Å². The van der Waals surface area contributed by atoms with E-state index in [1.165, 1.54) is 5.56 Å². The summed E-state index contributed by atoms with van der Waals surface area (Å²) in [5, 5.41) is 20.0. The van der Waals surface area contributed by atoms with E-state index in [0.29, 0.717) is 20.6 Å². The van der Waals surface area contributed by atoms with Gasteiger partial charge in [-0.15, -0.1) is 0 Å². The zero-order valence-corrected chi connectivity index (χ0v) is 14.7. The van der Waals surface area contributed by atoms with Crippen LogP contribution in [0.2, 0.25) is 10.0 Å². The molecule has 24 heavy (non-hydrogen) atoms. The van der Waals surface area contributed by atoms with Crippen LogP contribution in [0.4, 0.5) is 0 Å². The van der Waals surface area contributed by atoms with Gasteiger partial charge in [-0.3, -0.25) is 5.10 Å². The first-order valence-corrected chi connectivity index (χ1v) is 8.53. The molecule has 122 valence electrons. The van der Waals surface area contributed by atoms with Crippen LogP contribution in [-0.4, -0.2) is 31.3 Å². The highest BCUT2D eigenvalue weighted by Gasteiger charge is 2.23. The predicted octanol–water partition coefficient (Wildman–Crippen LogP) is 4.01. The standard InChI is InChI=1S/C15H12Cl2N6S/c16-9-5-4-8(11(17)6-9)7-18-23-14(21-22-15(23)24)13-10-2-1-3-12(10)19-20-13/h4-7H,1-3H2,(H,19,20)(H,22,24)/b18-7-. The van der Waals surface area contributed by atoms with E-state index in [1.54, 1.807) is 29.1 Å². The van der Waals surface area contributed by atoms with Crippen LogP contribution in [0.3, 0.4) is 0 Å². The number of aromatic amines is 2. The molecule has 2 aromatic heterocycles. The highest BCUT2D eigenvalue weighted by molar-refractivity contribution is 7.71. The maximum Gasteiger partial charge on any atom is 0.216 e. The van der Waals surface area contributed by atoms with Crippen molar-refractivity contribution in [2.24, 2.45) is 5.10 Å². The quantitative estimate of drug-likeness (QED) is 0.533. The number of H-pyrrole nitrogens is 2. The summed E-state index contributed by atoms with van der Waals surface area (Å²) in [7, 11) is 0. The molecule has 2 N–H and O–H groups in total. The lowest BCUT2D eigenvalue weighted by Gasteiger charge is -2.01. The summed E-state index contributed by atoms with van der Waals surface area (Å²) < 4.78 is 1.94. The molecule has 1 aliphatic rings. The van der Waals surface area contributed by atoms with E-state index < -0.39 is 0 Å². The van der Waals surface area contributed by atoms with Crippen LogP contribution >= 0.6 is 35.4 Å². The number of nitrogens with zero attached hydrogens (tertiary/aromatic N) is 4. The van der Waals surface area contributed by atoms with E-state index in [-0.39, 0.29) is 0 Å². The first-order valence-electron chi connectivity index (χ1n) is 7.37. The van der Waals surface area contributed by atoms with Gasteiger partial charge in [0.1, 0.15) is 5.69 Å². The Hall–Kier alpha value is -1.96. The molecule has 4 rings (SSSR count). The fourth-order valence-corrected chi connectivity index (χ4v) is 3.42. The molecular weight excluding hydrogens is 367 g/mol. The molecule has 1 aliphatic carbocycles. The summed E-state index contributed by atoms with van der Waals surface area (Å²) >= 11 is 17.4. The molecular formula is C15H12Cl2N6S. The van der Waals surface area contributed by atoms with Crippen LogP contribution in [0, 0.1) is 4.77 Å². The van der Waals surface area contributed by atoms with Gasteiger partial charge in [-0.25, -0.2) is 5.10 Å². The van der Waals surface area contributed by atoms with Gasteiger partial charge in [0.15, 0.2) is 0 Å². The Morgan fingerprint density at radius 3 is 2.92 bits per heavy atom. The average molecular weight is 379 g/mol. The Balaban J connectivity index is 1.75. The number of aryl methyl sites for hydroxylation is 1. The minimum absolute atomic E-state index is 0.390. The Morgan fingerprint density at radius 2 is 2.08 bits per heavy atom. The Morgan fingerprint density at radius 1 is 1.21 bits per heavy atom. The minimum Gasteiger partial charge on any atom is -0.282 e. The van der Waals surface area contributed by atoms with E-state index in [9.17, 15) is 0 Å². The molecule has 0 spiro atoms. The number of nitrogens with one attached hydrogen (secondary N) is 2. The second-order valence-electron chi connectivity index (χ2n) is 5.46. The molecule has 0 radical (unpaired) electrons. The fourth-order valence-electron chi connectivity index (χ4n) is 2.78. The molecule has 6 nitrogen and oxygen atoms in total. The minimum atomic E-state index is 0.390. The molecule has 3 aromatic rings. The molecule has 0 amide bonds. The van der Waals surface area contributed by atoms with E-state index in [2.05, 4.69) is 25.5 Å². The molecule has 2 heterocycles. The van der Waals surface area contributed by atoms with Gasteiger partial charge in [0, 0.05) is 21.8 Å². The maximum absolute atomic E-state index is 6.17. The summed E-state index contributed by atoms with van der Waals surface area (Å²) in [6.45, 7) is 0. The number of hydrogen-bond donors (Lipinski definition) is 2. The lowest BCUT2D eigenvalue weighted by atomic mass is 10.2. The summed E-state index contributed by atoms with van der Waals surface area (Å²) in [5.74, 6) is 0.584. The summed E-state index contributed by atoms with van der Waals surface area (Å²) in [5.41, 5.74) is 3.87. The van der Waals surface area contributed by atoms with Gasteiger partial charge in [-0.05, 0) is 43.6 Å². The second kappa shape index (κ2) is 6.16. The number of benzene rings is 1. The first-order chi connectivity index (χ1) is 11.6. The molecule has 0 unspecified atom stereocenters. The van der Waals surface area contributed by atoms with Crippen LogP contribution < -0.4 is 0 Å². The van der Waals surface area contributed by atoms with Crippen LogP contribution in [0.25, 0.3) is 11.5 Å². The molecule has 0 fully saturated rings. The van der Waals surface area contributed by atoms with Gasteiger partial charge in [0.2, 0.25) is 10.6 Å². The number of aromatic nitrogens is 5. The van der Waals surface area contributed by atoms with Crippen molar-refractivity contribution in [3.8, 4) is 11.5 Å². The molecule has 0 saturated carbocycles. The van der Waals surface area contributed by atoms with E-state index in [1.807, 2.05) is 0 Å². The number of hydrogen-bond acceptors (Lipinski definition) is 4. The molecule has 0 atom stereocenters. The third kappa shape index (κ3) is 2.68. The van der Waals surface area contributed by atoms with Crippen molar-refractivity contribution in [2.45, 2.75) is 19.3 Å². The van der Waals surface area contributed by atoms with Crippen LogP contribution in [-0.2, 0) is 12.8 Å². The molecule has 1 aromatic carbocycles. The largest absolute Gasteiger partial charge is 0.282 e. The van der Waals surface area contributed by atoms with Crippen molar-refractivity contribution in [3.05, 3.63) is 49.8 Å². The van der Waals surface area contributed by atoms with Crippen molar-refractivity contribution in [1.82, 2.24) is 25.1 Å². The normalized spacial score (nSPS) is 13.8. The zero-order valence-electron chi connectivity index (χ0n) is 12.4. The van der Waals surface area contributed by atoms with E-state index in [4.69, 9.17) is 35.4 Å². The first kappa shape index (κ1) is 15.6. The maximum atomic E-state index is 6.17. The Labute approximate surface area is 152 Å². The van der Waals surface area contributed by atoms with Crippen molar-refractivity contribution in [3.63, 3.8) is 0 Å². The molecule has 0 aliphatic heterocycles. The highest BCUT2D eigenvalue weighted by Crippen LogP contribution is 2.29. The van der Waals surface area contributed by atoms with Crippen molar-refractivity contribution in [2.75, 3.05) is 0 Å². The SMILES string of the molecule is S=c1[nH]nc(-c2n[nH]c3c2CCC3)n1/N=C\c1ccc(Cl)cc1Cl. The van der Waals surface area contributed by atoms with Crippen LogP contribution in [0.1, 0.15) is 23.2 Å². The van der Waals surface area contributed by atoms with E-state index >= 15 is 0 Å². The Kier molecular flexibility index (Phi) is 3.99. The van der Waals surface area contributed by atoms with Crippen molar-refractivity contribution < 1.29 is 0 Å². The van der Waals surface area contributed by atoms with Gasteiger partial charge in [-0.2, -0.15) is 20.0 Å². The van der Waals surface area contributed by atoms with Gasteiger partial charge < -0.3 is 0 Å². The molecule has 0 saturated heterocycles. The lowest BCUT2D eigenvalue weighted by molar-refractivity contribution is 0.844. The fraction of sp³-hybridized carbons (Fsp3) is 0.200. The monoisotopic (exact) mass is 378 g/mol. The van der Waals surface area contributed by atoms with Gasteiger partial charge in [-0.1, -0.05) is 29.3 Å². The summed E-state index contributed by atoms with van der Waals surface area (Å²) in [6, 6.07) is 5.22. The number of rotatable bonds is 3. The number of fused-ring (bicyclic) bond motifs is 1. The second-order valence-corrected chi connectivity index (χ2v) is 6.69. The Bertz CT molecular complexity index is 1000. The van der Waals surface area contributed by atoms with Gasteiger partial charge >= 0.3 is 0 Å². The predicted molar refractivity (Wildman–Crippen MR) is 96.5 cm³/mol. The smallest absolute Gasteiger partial charge is 0.216 e. The van der Waals surface area contributed by atoms with E-state index in [0.717, 1.165) is 36.2 Å².